The molecule has 0 saturated heterocycles. The number of hydrogen-bond donors (Lipinski definition) is 0. The Kier molecular flexibility index (Phi) is 19.8. The fraction of sp³-hybridized carbons (Fsp3) is 0.500. The Bertz CT molecular complexity index is 1880. The third kappa shape index (κ3) is 13.7. The zero-order valence-corrected chi connectivity index (χ0v) is 39.0. The van der Waals surface area contributed by atoms with Gasteiger partial charge in [-0.2, -0.15) is 5.69 Å². The van der Waals surface area contributed by atoms with E-state index in [4.69, 9.17) is 28.2 Å². The molecule has 2 saturated carbocycles. The number of hydrogen-bond acceptors (Lipinski definition) is 5. The van der Waals surface area contributed by atoms with E-state index in [1.807, 2.05) is 56.7 Å². The van der Waals surface area contributed by atoms with Crippen molar-refractivity contribution in [1.82, 2.24) is 0 Å². The van der Waals surface area contributed by atoms with Crippen molar-refractivity contribution < 1.29 is 42.9 Å². The van der Waals surface area contributed by atoms with E-state index in [2.05, 4.69) is 71.9 Å². The van der Waals surface area contributed by atoms with Crippen molar-refractivity contribution in [3.63, 3.8) is 0 Å². The van der Waals surface area contributed by atoms with Crippen molar-refractivity contribution in [1.29, 1.82) is 0 Å². The number of ether oxygens (including phenoxy) is 2. The zero-order chi connectivity index (χ0) is 41.0. The smallest absolute Gasteiger partial charge is 0.161 e. The third-order valence-corrected chi connectivity index (χ3v) is 15.2. The number of rotatable bonds is 10. The fourth-order valence-corrected chi connectivity index (χ4v) is 13.1. The Morgan fingerprint density at radius 1 is 0.702 bits per heavy atom. The molecule has 0 aliphatic heterocycles. The van der Waals surface area contributed by atoms with E-state index in [0.717, 1.165) is 33.9 Å². The van der Waals surface area contributed by atoms with Gasteiger partial charge in [0.05, 0.1) is 41.2 Å². The van der Waals surface area contributed by atoms with Gasteiger partial charge in [0.25, 0.3) is 0 Å². The van der Waals surface area contributed by atoms with E-state index in [1.54, 1.807) is 11.4 Å². The molecule has 6 nitrogen and oxygen atoms in total. The Balaban J connectivity index is 0.000000377. The van der Waals surface area contributed by atoms with Gasteiger partial charge in [-0.1, -0.05) is 90.8 Å². The standard InChI is InChI=1S/C35H53O2P.C12H9N.CH4O3S.Pd/c1-23(2)26-21-29(24(3)4)33(30(22-26)25(5)6)34-31(36-7)19-20-32(37-8)35(34)38(27-15-11-9-12-16-27)28-17-13-10-14-18-28;13-12-9-5-4-8-11(12)10-6-2-1-3-7-10;1-5(2,3)4;/h19-25,27-28H,9-18H2,1-8H3;1-6,8-9,13H;1H3,(H,2,3,4);/q;-2;;. The molecule has 4 aromatic carbocycles. The average molecular weight is 907 g/mol. The van der Waals surface area contributed by atoms with Crippen LogP contribution in [-0.4, -0.2) is 44.8 Å². The van der Waals surface area contributed by atoms with Crippen LogP contribution in [0.5, 0.6) is 11.5 Å². The maximum Gasteiger partial charge on any atom is 0.161 e. The monoisotopic (exact) mass is 905 g/mol. The Morgan fingerprint density at radius 3 is 1.60 bits per heavy atom. The van der Waals surface area contributed by atoms with Crippen molar-refractivity contribution in [2.24, 2.45) is 0 Å². The van der Waals surface area contributed by atoms with Gasteiger partial charge in [-0.05, 0) is 104 Å². The minimum absolute atomic E-state index is 0. The summed E-state index contributed by atoms with van der Waals surface area (Å²) in [4.78, 5) is 0. The van der Waals surface area contributed by atoms with E-state index in [1.165, 1.54) is 92.0 Å². The molecule has 0 bridgehead atoms. The summed E-state index contributed by atoms with van der Waals surface area (Å²) in [6.07, 6.45) is 14.6. The maximum absolute atomic E-state index is 9.08. The van der Waals surface area contributed by atoms with Gasteiger partial charge in [0.15, 0.2) is 5.75 Å². The van der Waals surface area contributed by atoms with Gasteiger partial charge in [0, 0.05) is 34.6 Å². The van der Waals surface area contributed by atoms with Crippen LogP contribution < -0.4 is 14.8 Å². The minimum Gasteiger partial charge on any atom is -0.748 e. The summed E-state index contributed by atoms with van der Waals surface area (Å²) < 4.78 is 39.8. The summed E-state index contributed by atoms with van der Waals surface area (Å²) in [6, 6.07) is 27.8. The van der Waals surface area contributed by atoms with Gasteiger partial charge in [-0.15, -0.1) is 41.5 Å². The molecule has 0 amide bonds. The molecule has 0 atom stereocenters. The van der Waals surface area contributed by atoms with Crippen LogP contribution in [0, 0.1) is 6.07 Å². The molecule has 316 valence electrons. The van der Waals surface area contributed by atoms with Crippen LogP contribution >= 0.6 is 7.92 Å². The molecule has 9 heteroatoms. The van der Waals surface area contributed by atoms with Gasteiger partial charge in [0.1, 0.15) is 11.1 Å². The number of nitrogens with one attached hydrogen (secondary N) is 1. The Morgan fingerprint density at radius 2 is 1.18 bits per heavy atom. The first-order valence-corrected chi connectivity index (χ1v) is 24.1. The summed E-state index contributed by atoms with van der Waals surface area (Å²) in [5.41, 5.74) is 19.0. The molecule has 0 radical (unpaired) electrons. The Hall–Kier alpha value is -2.72. The maximum atomic E-state index is 9.08. The van der Waals surface area contributed by atoms with Gasteiger partial charge in [-0.25, -0.2) is 8.42 Å². The number of benzene rings is 4. The van der Waals surface area contributed by atoms with Crippen LogP contribution in [0.4, 0.5) is 5.69 Å². The SMILES string of the molecule is COc1ccc(OC)c([PH+](C2CCCCC2)C2CCCCC2)c1-c1c(C(C)C)cc(C(C)C)cc1C(C)C.CS(=O)(=O)[O-].[NH-]c1ccccc1-c1[c-]cccc1.[Pd]. The molecule has 2 fully saturated rings. The molecule has 2 aliphatic carbocycles. The first-order chi connectivity index (χ1) is 26.7. The zero-order valence-electron chi connectivity index (χ0n) is 35.7. The summed E-state index contributed by atoms with van der Waals surface area (Å²) in [6.45, 7) is 14.1. The second-order valence-corrected chi connectivity index (χ2v) is 20.9. The molecule has 0 heterocycles. The minimum atomic E-state index is -3.92. The predicted molar refractivity (Wildman–Crippen MR) is 239 cm³/mol. The second-order valence-electron chi connectivity index (χ2n) is 16.4. The van der Waals surface area contributed by atoms with Crippen molar-refractivity contribution in [3.05, 3.63) is 101 Å². The van der Waals surface area contributed by atoms with Crippen molar-refractivity contribution in [3.8, 4) is 33.8 Å². The van der Waals surface area contributed by atoms with Gasteiger partial charge < -0.3 is 19.8 Å². The Labute approximate surface area is 360 Å². The predicted octanol–water partition coefficient (Wildman–Crippen LogP) is 13.2. The van der Waals surface area contributed by atoms with Crippen LogP contribution in [0.2, 0.25) is 0 Å². The van der Waals surface area contributed by atoms with Crippen molar-refractivity contribution in [2.45, 2.75) is 135 Å². The second kappa shape index (κ2) is 23.2. The molecule has 0 unspecified atom stereocenters. The topological polar surface area (TPSA) is 99.5 Å². The quantitative estimate of drug-likeness (QED) is 0.0683. The normalized spacial score (nSPS) is 15.1. The first-order valence-electron chi connectivity index (χ1n) is 20.6. The van der Waals surface area contributed by atoms with E-state index < -0.39 is 18.0 Å². The molecule has 1 N–H and O–H groups in total. The first kappa shape index (κ1) is 48.6. The third-order valence-electron chi connectivity index (χ3n) is 11.3. The molecular formula is C48H66NO5PPdS-2. The average Bonchev–Trinajstić information content (AvgIpc) is 3.18. The van der Waals surface area contributed by atoms with Crippen LogP contribution in [0.3, 0.4) is 0 Å². The van der Waals surface area contributed by atoms with Crippen LogP contribution in [0.1, 0.15) is 140 Å². The van der Waals surface area contributed by atoms with Crippen LogP contribution in [0.25, 0.3) is 28.0 Å². The van der Waals surface area contributed by atoms with E-state index >= 15 is 0 Å². The molecule has 0 spiro atoms. The summed E-state index contributed by atoms with van der Waals surface area (Å²) in [7, 11) is -1.04. The molecule has 4 aromatic rings. The molecule has 57 heavy (non-hydrogen) atoms. The number of methoxy groups -OCH3 is 2. The van der Waals surface area contributed by atoms with E-state index in [9.17, 15) is 0 Å². The van der Waals surface area contributed by atoms with Crippen molar-refractivity contribution >= 4 is 29.0 Å². The largest absolute Gasteiger partial charge is 0.748 e. The molecule has 0 aromatic heterocycles. The van der Waals surface area contributed by atoms with E-state index in [0.29, 0.717) is 29.7 Å². The summed E-state index contributed by atoms with van der Waals surface area (Å²) in [5, 5.41) is 1.55. The van der Waals surface area contributed by atoms with Gasteiger partial charge in [-0.3, -0.25) is 0 Å². The van der Waals surface area contributed by atoms with Crippen LogP contribution in [-0.2, 0) is 30.5 Å². The summed E-state index contributed by atoms with van der Waals surface area (Å²) >= 11 is 0. The summed E-state index contributed by atoms with van der Waals surface area (Å²) in [5.74, 6) is 3.53. The molecule has 6 rings (SSSR count). The van der Waals surface area contributed by atoms with Crippen LogP contribution in [0.15, 0.2) is 72.8 Å². The van der Waals surface area contributed by atoms with E-state index in [-0.39, 0.29) is 20.4 Å². The fourth-order valence-electron chi connectivity index (χ4n) is 8.53. The van der Waals surface area contributed by atoms with Crippen molar-refractivity contribution in [2.75, 3.05) is 20.5 Å². The molecular weight excluding hydrogens is 840 g/mol. The van der Waals surface area contributed by atoms with Gasteiger partial charge >= 0.3 is 0 Å². The molecule has 2 aliphatic rings. The van der Waals surface area contributed by atoms with Gasteiger partial charge in [0.2, 0.25) is 0 Å².